The van der Waals surface area contributed by atoms with E-state index in [1.165, 1.54) is 16.9 Å². The molecule has 10 nitrogen and oxygen atoms in total. The third-order valence-electron chi connectivity index (χ3n) is 11.1. The molecule has 1 saturated heterocycles. The number of fused-ring (bicyclic) bond motifs is 2. The minimum atomic E-state index is -0.416. The minimum Gasteiger partial charge on any atom is -0.410 e. The highest BCUT2D eigenvalue weighted by atomic mass is 32.1. The largest absolute Gasteiger partial charge is 0.415 e. The Hall–Kier alpha value is -4.58. The lowest BCUT2D eigenvalue weighted by molar-refractivity contribution is 0.0193. The van der Waals surface area contributed by atoms with Crippen LogP contribution in [0.3, 0.4) is 0 Å². The van der Waals surface area contributed by atoms with E-state index in [4.69, 9.17) is 14.5 Å². The lowest BCUT2D eigenvalue weighted by Gasteiger charge is -2.41. The Balaban J connectivity index is 1.26. The van der Waals surface area contributed by atoms with Crippen molar-refractivity contribution in [3.8, 4) is 17.0 Å². The lowest BCUT2D eigenvalue weighted by atomic mass is 9.89. The predicted octanol–water partition coefficient (Wildman–Crippen LogP) is 7.62. The molecule has 3 aliphatic heterocycles. The zero-order valence-electron chi connectivity index (χ0n) is 32.4. The van der Waals surface area contributed by atoms with Crippen LogP contribution in [-0.4, -0.2) is 101 Å². The molecule has 4 heterocycles. The second kappa shape index (κ2) is 17.9. The average Bonchev–Trinajstić information content (AvgIpc) is 3.61. The van der Waals surface area contributed by atoms with E-state index in [2.05, 4.69) is 43.0 Å². The van der Waals surface area contributed by atoms with Gasteiger partial charge in [0.2, 0.25) is 0 Å². The maximum absolute atomic E-state index is 15.3. The molecule has 3 aliphatic rings. The Morgan fingerprint density at radius 3 is 2.31 bits per heavy atom. The molecule has 3 aromatic carbocycles. The van der Waals surface area contributed by atoms with Gasteiger partial charge in [-0.15, -0.1) is 11.3 Å². The minimum absolute atomic E-state index is 0.0407. The van der Waals surface area contributed by atoms with Gasteiger partial charge in [-0.3, -0.25) is 14.5 Å². The third-order valence-corrected chi connectivity index (χ3v) is 12.0. The van der Waals surface area contributed by atoms with Crippen LogP contribution < -0.4 is 4.74 Å². The van der Waals surface area contributed by atoms with Gasteiger partial charge < -0.3 is 24.2 Å². The number of morpholine rings is 1. The van der Waals surface area contributed by atoms with Gasteiger partial charge in [0, 0.05) is 74.4 Å². The molecule has 1 fully saturated rings. The molecule has 0 radical (unpaired) electrons. The molecular weight excluding hydrogens is 711 g/mol. The van der Waals surface area contributed by atoms with Crippen molar-refractivity contribution < 1.29 is 23.9 Å². The van der Waals surface area contributed by atoms with Gasteiger partial charge >= 0.3 is 6.09 Å². The summed E-state index contributed by atoms with van der Waals surface area (Å²) in [5.41, 5.74) is 6.38. The van der Waals surface area contributed by atoms with Gasteiger partial charge in [0.15, 0.2) is 5.01 Å². The molecule has 4 aromatic rings. The molecule has 55 heavy (non-hydrogen) atoms. The van der Waals surface area contributed by atoms with Gasteiger partial charge in [0.25, 0.3) is 11.8 Å². The van der Waals surface area contributed by atoms with Crippen LogP contribution in [-0.2, 0) is 30.7 Å². The third kappa shape index (κ3) is 8.95. The summed E-state index contributed by atoms with van der Waals surface area (Å²) < 4.78 is 11.4. The fourth-order valence-electron chi connectivity index (χ4n) is 7.90. The zero-order chi connectivity index (χ0) is 38.3. The van der Waals surface area contributed by atoms with Gasteiger partial charge in [-0.05, 0) is 79.1 Å². The quantitative estimate of drug-likeness (QED) is 0.147. The smallest absolute Gasteiger partial charge is 0.410 e. The molecule has 0 bridgehead atoms. The molecule has 7 rings (SSSR count). The van der Waals surface area contributed by atoms with E-state index < -0.39 is 6.09 Å². The number of nitrogens with zero attached hydrogens (tertiary/aromatic N) is 5. The highest BCUT2D eigenvalue weighted by molar-refractivity contribution is 7.14. The maximum atomic E-state index is 15.3. The first kappa shape index (κ1) is 38.7. The van der Waals surface area contributed by atoms with Crippen molar-refractivity contribution in [1.82, 2.24) is 24.6 Å². The molecular formula is C44H53N5O5S. The van der Waals surface area contributed by atoms with E-state index in [0.717, 1.165) is 78.9 Å². The first-order valence-corrected chi connectivity index (χ1v) is 20.8. The van der Waals surface area contributed by atoms with Gasteiger partial charge in [-0.25, -0.2) is 9.78 Å². The average molecular weight is 764 g/mol. The molecule has 0 N–H and O–H groups in total. The number of ether oxygens (including phenoxy) is 2. The highest BCUT2D eigenvalue weighted by Crippen LogP contribution is 2.37. The zero-order valence-corrected chi connectivity index (χ0v) is 33.2. The van der Waals surface area contributed by atoms with Crippen molar-refractivity contribution in [3.63, 3.8) is 0 Å². The van der Waals surface area contributed by atoms with E-state index in [1.807, 2.05) is 47.1 Å². The Kier molecular flexibility index (Phi) is 12.6. The fourth-order valence-corrected chi connectivity index (χ4v) is 8.80. The number of unbranched alkanes of at least 4 members (excludes halogenated alkanes) is 2. The molecule has 0 saturated carbocycles. The van der Waals surface area contributed by atoms with E-state index >= 15 is 4.79 Å². The van der Waals surface area contributed by atoms with Crippen LogP contribution in [0, 0.1) is 6.92 Å². The van der Waals surface area contributed by atoms with Crippen LogP contribution in [0.1, 0.15) is 86.8 Å². The number of carbonyl (C=O) groups is 3. The molecule has 0 spiro atoms. The van der Waals surface area contributed by atoms with Crippen molar-refractivity contribution in [1.29, 1.82) is 0 Å². The molecule has 290 valence electrons. The number of benzene rings is 3. The van der Waals surface area contributed by atoms with Crippen LogP contribution in [0.15, 0.2) is 66.7 Å². The van der Waals surface area contributed by atoms with Crippen LogP contribution in [0.4, 0.5) is 4.79 Å². The van der Waals surface area contributed by atoms with E-state index in [9.17, 15) is 9.59 Å². The molecule has 0 aliphatic carbocycles. The summed E-state index contributed by atoms with van der Waals surface area (Å²) >= 11 is 1.41. The van der Waals surface area contributed by atoms with Crippen molar-refractivity contribution >= 4 is 29.2 Å². The van der Waals surface area contributed by atoms with E-state index in [0.29, 0.717) is 74.4 Å². The standard InChI is InChI=1S/C44H53N5O5S/c1-4-6-18-47(19-7-5-2)43(51)41-45-40(31(3)55-41)38-26-33-17-20-48(44(52)54-37-15-9-8-10-16-37)28-35(33)27-39(38)42(50)49-29-34-14-12-11-13-32(34)25-36(49)30-46-21-23-53-24-22-46/h8-16,26-27,36H,4-7,17-25,28-30H2,1-3H3/t36-/m0/s1. The SMILES string of the molecule is CCCCN(CCCC)C(=O)c1nc(-c2cc3c(cc2C(=O)N2Cc4ccccc4C[C@H]2CN2CCOCC2)CN(C(=O)Oc2ccccc2)CC3)c(C)s1. The lowest BCUT2D eigenvalue weighted by Crippen LogP contribution is -2.52. The molecule has 3 amide bonds. The van der Waals surface area contributed by atoms with E-state index in [1.54, 1.807) is 17.0 Å². The predicted molar refractivity (Wildman–Crippen MR) is 216 cm³/mol. The Morgan fingerprint density at radius 2 is 1.58 bits per heavy atom. The Labute approximate surface area is 329 Å². The summed E-state index contributed by atoms with van der Waals surface area (Å²) in [6, 6.07) is 21.6. The number of para-hydroxylation sites is 1. The van der Waals surface area contributed by atoms with Crippen molar-refractivity contribution in [2.24, 2.45) is 0 Å². The summed E-state index contributed by atoms with van der Waals surface area (Å²) in [5.74, 6) is 0.383. The first-order valence-electron chi connectivity index (χ1n) is 19.9. The van der Waals surface area contributed by atoms with Crippen molar-refractivity contribution in [3.05, 3.63) is 104 Å². The summed E-state index contributed by atoms with van der Waals surface area (Å²) in [4.78, 5) is 56.6. The van der Waals surface area contributed by atoms with Crippen molar-refractivity contribution in [2.75, 3.05) is 52.5 Å². The molecule has 1 atom stereocenters. The van der Waals surface area contributed by atoms with Crippen LogP contribution in [0.2, 0.25) is 0 Å². The summed E-state index contributed by atoms with van der Waals surface area (Å²) in [5, 5.41) is 0.461. The van der Waals surface area contributed by atoms with Crippen LogP contribution in [0.25, 0.3) is 11.3 Å². The highest BCUT2D eigenvalue weighted by Gasteiger charge is 2.35. The number of hydrogen-bond acceptors (Lipinski definition) is 8. The normalized spacial score (nSPS) is 17.0. The monoisotopic (exact) mass is 763 g/mol. The first-order chi connectivity index (χ1) is 26.8. The van der Waals surface area contributed by atoms with Gasteiger partial charge in [-0.1, -0.05) is 69.2 Å². The van der Waals surface area contributed by atoms with Gasteiger partial charge in [0.05, 0.1) is 18.9 Å². The van der Waals surface area contributed by atoms with Gasteiger partial charge in [0.1, 0.15) is 5.75 Å². The summed E-state index contributed by atoms with van der Waals surface area (Å²) in [6.45, 7) is 12.8. The van der Waals surface area contributed by atoms with Crippen LogP contribution >= 0.6 is 11.3 Å². The number of hydrogen-bond donors (Lipinski definition) is 0. The number of amides is 3. The number of aryl methyl sites for hydroxylation is 1. The number of carbonyl (C=O) groups excluding carboxylic acids is 3. The van der Waals surface area contributed by atoms with Gasteiger partial charge in [-0.2, -0.15) is 0 Å². The van der Waals surface area contributed by atoms with E-state index in [-0.39, 0.29) is 17.9 Å². The molecule has 1 aromatic heterocycles. The second-order valence-electron chi connectivity index (χ2n) is 14.9. The maximum Gasteiger partial charge on any atom is 0.415 e. The number of rotatable bonds is 12. The molecule has 0 unspecified atom stereocenters. The summed E-state index contributed by atoms with van der Waals surface area (Å²) in [7, 11) is 0. The van der Waals surface area contributed by atoms with Crippen molar-refractivity contribution in [2.45, 2.75) is 78.4 Å². The topological polar surface area (TPSA) is 95.5 Å². The Morgan fingerprint density at radius 1 is 0.873 bits per heavy atom. The molecule has 11 heteroatoms. The number of thiazole rings is 1. The number of aromatic nitrogens is 1. The Bertz CT molecular complexity index is 1970. The second-order valence-corrected chi connectivity index (χ2v) is 16.1. The fraction of sp³-hybridized carbons (Fsp3) is 0.455. The van der Waals surface area contributed by atoms with Crippen LogP contribution in [0.5, 0.6) is 5.75 Å². The summed E-state index contributed by atoms with van der Waals surface area (Å²) in [6.07, 6.45) is 4.85.